The first kappa shape index (κ1) is 26.1. The average molecular weight is 531 g/mol. The molecule has 37 heavy (non-hydrogen) atoms. The second kappa shape index (κ2) is 11.4. The lowest BCUT2D eigenvalue weighted by atomic mass is 10.2. The Morgan fingerprint density at radius 2 is 2.08 bits per heavy atom. The number of fused-ring (bicyclic) bond motifs is 3. The molecule has 13 nitrogen and oxygen atoms in total. The molecule has 196 valence electrons. The maximum Gasteiger partial charge on any atom is 0.283 e. The number of nitrogens with two attached hydrogens (primary N) is 1. The fourth-order valence-corrected chi connectivity index (χ4v) is 4.17. The molecular weight excluding hydrogens is 504 g/mol. The van der Waals surface area contributed by atoms with E-state index >= 15 is 0 Å². The van der Waals surface area contributed by atoms with E-state index in [1.807, 2.05) is 16.7 Å². The molecule has 0 unspecified atom stereocenters. The zero-order valence-electron chi connectivity index (χ0n) is 20.2. The summed E-state index contributed by atoms with van der Waals surface area (Å²) in [6.45, 7) is 3.51. The highest BCUT2D eigenvalue weighted by Crippen LogP contribution is 2.37. The molecule has 3 aromatic rings. The van der Waals surface area contributed by atoms with Crippen LogP contribution in [0.15, 0.2) is 29.5 Å². The zero-order chi connectivity index (χ0) is 25.1. The summed E-state index contributed by atoms with van der Waals surface area (Å²) in [6, 6.07) is 3.73. The molecule has 5 rings (SSSR count). The Bertz CT molecular complexity index is 1380. The van der Waals surface area contributed by atoms with Crippen LogP contribution >= 0.6 is 12.4 Å². The molecule has 1 saturated heterocycles. The van der Waals surface area contributed by atoms with E-state index in [4.69, 9.17) is 19.9 Å². The van der Waals surface area contributed by atoms with Crippen molar-refractivity contribution in [2.45, 2.75) is 13.0 Å². The largest absolute Gasteiger partial charge is 0.491 e. The molecule has 14 heteroatoms. The minimum Gasteiger partial charge on any atom is -0.491 e. The number of carbonyl (C=O) groups is 2. The van der Waals surface area contributed by atoms with Crippen LogP contribution in [0, 0.1) is 0 Å². The van der Waals surface area contributed by atoms with Gasteiger partial charge in [-0.2, -0.15) is 4.99 Å². The van der Waals surface area contributed by atoms with Crippen LogP contribution in [0.25, 0.3) is 10.9 Å². The molecule has 0 atom stereocenters. The molecule has 1 aromatic carbocycles. The molecule has 2 amide bonds. The first-order valence-corrected chi connectivity index (χ1v) is 11.6. The number of nitrogens with zero attached hydrogens (tertiary/aromatic N) is 6. The number of aromatic nitrogens is 4. The van der Waals surface area contributed by atoms with Gasteiger partial charge in [-0.3, -0.25) is 14.2 Å². The van der Waals surface area contributed by atoms with Crippen molar-refractivity contribution in [1.82, 2.24) is 24.4 Å². The molecule has 0 spiro atoms. The minimum absolute atomic E-state index is 0. The average Bonchev–Trinajstić information content (AvgIpc) is 3.38. The third-order valence-electron chi connectivity index (χ3n) is 5.94. The Kier molecular flexibility index (Phi) is 8.04. The first-order chi connectivity index (χ1) is 17.5. The quantitative estimate of drug-likeness (QED) is 0.415. The van der Waals surface area contributed by atoms with Crippen molar-refractivity contribution in [3.05, 3.63) is 35.7 Å². The van der Waals surface area contributed by atoms with Gasteiger partial charge >= 0.3 is 0 Å². The molecule has 0 saturated carbocycles. The Morgan fingerprint density at radius 3 is 2.84 bits per heavy atom. The smallest absolute Gasteiger partial charge is 0.283 e. The highest BCUT2D eigenvalue weighted by molar-refractivity contribution is 5.96. The fourth-order valence-electron chi connectivity index (χ4n) is 4.17. The van der Waals surface area contributed by atoms with Gasteiger partial charge in [0.2, 0.25) is 17.5 Å². The van der Waals surface area contributed by atoms with Gasteiger partial charge in [-0.25, -0.2) is 15.0 Å². The van der Waals surface area contributed by atoms with Crippen LogP contribution in [0.3, 0.4) is 0 Å². The van der Waals surface area contributed by atoms with Crippen LogP contribution in [-0.2, 0) is 16.1 Å². The second-order valence-electron chi connectivity index (χ2n) is 8.21. The number of amides is 2. The number of morpholine rings is 1. The molecule has 0 bridgehead atoms. The van der Waals surface area contributed by atoms with Crippen molar-refractivity contribution >= 4 is 46.9 Å². The molecule has 0 aliphatic carbocycles. The molecule has 1 fully saturated rings. The number of nitrogen functional groups attached to an aromatic ring is 1. The number of rotatable bonds is 7. The number of anilines is 2. The Hall–Kier alpha value is -3.97. The Balaban J connectivity index is 0.00000320. The standard InChI is InChI=1S/C23H26N8O5.ClH/c1-34-19-16(36-9-2-6-30-8-10-35-13-17(30)32)4-3-15-18(19)28-23(31-7-5-25-20(15)31)29-21(33)14-11-26-22(24)27-12-14;/h3-4,11-12,25H,2,5-10,13H2,1H3,(H2,24,26,27);1H. The summed E-state index contributed by atoms with van der Waals surface area (Å²) in [5.74, 6) is 1.26. The summed E-state index contributed by atoms with van der Waals surface area (Å²) in [6.07, 6.45) is 3.31. The highest BCUT2D eigenvalue weighted by Gasteiger charge is 2.21. The van der Waals surface area contributed by atoms with Gasteiger partial charge < -0.3 is 30.2 Å². The van der Waals surface area contributed by atoms with Gasteiger partial charge in [0.1, 0.15) is 17.9 Å². The number of hydrogen-bond donors (Lipinski definition) is 2. The van der Waals surface area contributed by atoms with Crippen LogP contribution in [0.5, 0.6) is 11.5 Å². The molecule has 2 aliphatic heterocycles. The fraction of sp³-hybridized carbons (Fsp3) is 0.391. The van der Waals surface area contributed by atoms with Crippen LogP contribution in [-0.4, -0.2) is 82.8 Å². The van der Waals surface area contributed by atoms with Gasteiger partial charge in [-0.1, -0.05) is 0 Å². The highest BCUT2D eigenvalue weighted by atomic mass is 35.5. The lowest BCUT2D eigenvalue weighted by Gasteiger charge is -2.26. The summed E-state index contributed by atoms with van der Waals surface area (Å²) >= 11 is 0. The Labute approximate surface area is 218 Å². The van der Waals surface area contributed by atoms with Gasteiger partial charge in [0, 0.05) is 44.0 Å². The number of ether oxygens (including phenoxy) is 3. The van der Waals surface area contributed by atoms with Crippen LogP contribution < -0.4 is 26.1 Å². The minimum atomic E-state index is -0.535. The van der Waals surface area contributed by atoms with E-state index < -0.39 is 5.91 Å². The second-order valence-corrected chi connectivity index (χ2v) is 8.21. The monoisotopic (exact) mass is 530 g/mol. The number of halogens is 1. The number of benzene rings is 1. The van der Waals surface area contributed by atoms with Crippen LogP contribution in [0.1, 0.15) is 16.8 Å². The summed E-state index contributed by atoms with van der Waals surface area (Å²) < 4.78 is 18.7. The van der Waals surface area contributed by atoms with Gasteiger partial charge in [0.25, 0.3) is 5.91 Å². The van der Waals surface area contributed by atoms with Crippen molar-refractivity contribution in [3.63, 3.8) is 0 Å². The molecule has 3 N–H and O–H groups in total. The van der Waals surface area contributed by atoms with Crippen LogP contribution in [0.4, 0.5) is 11.8 Å². The number of hydrogen-bond acceptors (Lipinski definition) is 10. The van der Waals surface area contributed by atoms with Crippen molar-refractivity contribution < 1.29 is 23.8 Å². The maximum atomic E-state index is 12.8. The molecular formula is C23H27ClN8O5. The van der Waals surface area contributed by atoms with E-state index in [2.05, 4.69) is 25.3 Å². The zero-order valence-corrected chi connectivity index (χ0v) is 21.0. The number of nitrogens with one attached hydrogen (secondary N) is 1. The van der Waals surface area contributed by atoms with Crippen molar-refractivity contribution in [2.24, 2.45) is 4.99 Å². The normalized spacial score (nSPS) is 15.2. The van der Waals surface area contributed by atoms with Crippen molar-refractivity contribution in [1.29, 1.82) is 0 Å². The number of carbonyl (C=O) groups excluding carboxylic acids is 2. The third kappa shape index (κ3) is 5.42. The van der Waals surface area contributed by atoms with Gasteiger partial charge in [0.05, 0.1) is 25.9 Å². The van der Waals surface area contributed by atoms with E-state index in [0.717, 1.165) is 11.2 Å². The molecule has 2 aromatic heterocycles. The van der Waals surface area contributed by atoms with Gasteiger partial charge in [-0.15, -0.1) is 12.4 Å². The van der Waals surface area contributed by atoms with Crippen molar-refractivity contribution in [3.8, 4) is 11.5 Å². The predicted octanol–water partition coefficient (Wildman–Crippen LogP) is 0.633. The SMILES string of the molecule is COc1c(OCCCN2CCOCC2=O)ccc2c3n(c(=NC(=O)c4cnc(N)nc4)nc12)CCN3.Cl. The molecule has 4 heterocycles. The van der Waals surface area contributed by atoms with E-state index in [-0.39, 0.29) is 42.1 Å². The third-order valence-corrected chi connectivity index (χ3v) is 5.94. The molecule has 0 radical (unpaired) electrons. The lowest BCUT2D eigenvalue weighted by molar-refractivity contribution is -0.142. The summed E-state index contributed by atoms with van der Waals surface area (Å²) in [5.41, 5.74) is 6.46. The first-order valence-electron chi connectivity index (χ1n) is 11.6. The van der Waals surface area contributed by atoms with Crippen LogP contribution in [0.2, 0.25) is 0 Å². The van der Waals surface area contributed by atoms with Gasteiger partial charge in [0.15, 0.2) is 11.5 Å². The predicted molar refractivity (Wildman–Crippen MR) is 136 cm³/mol. The van der Waals surface area contributed by atoms with Crippen molar-refractivity contribution in [2.75, 3.05) is 57.6 Å². The van der Waals surface area contributed by atoms with E-state index in [9.17, 15) is 9.59 Å². The lowest BCUT2D eigenvalue weighted by Crippen LogP contribution is -2.42. The van der Waals surface area contributed by atoms with E-state index in [1.165, 1.54) is 19.5 Å². The summed E-state index contributed by atoms with van der Waals surface area (Å²) in [5, 5.41) is 4.15. The maximum absolute atomic E-state index is 12.8. The Morgan fingerprint density at radius 1 is 1.27 bits per heavy atom. The summed E-state index contributed by atoms with van der Waals surface area (Å²) in [4.78, 5) is 43.0. The van der Waals surface area contributed by atoms with Gasteiger partial charge in [-0.05, 0) is 18.6 Å². The summed E-state index contributed by atoms with van der Waals surface area (Å²) in [7, 11) is 1.54. The molecule has 2 aliphatic rings. The van der Waals surface area contributed by atoms with E-state index in [0.29, 0.717) is 62.8 Å². The topological polar surface area (TPSA) is 159 Å². The number of methoxy groups -OCH3 is 1. The van der Waals surface area contributed by atoms with E-state index in [1.54, 1.807) is 4.90 Å².